The van der Waals surface area contributed by atoms with E-state index in [9.17, 15) is 4.79 Å². The quantitative estimate of drug-likeness (QED) is 0.715. The van der Waals surface area contributed by atoms with Crippen LogP contribution >= 0.6 is 22.9 Å². The molecular formula is C17H12ClN3O4S. The highest BCUT2D eigenvalue weighted by atomic mass is 35.5. The molecule has 0 atom stereocenters. The molecule has 0 fully saturated rings. The lowest BCUT2D eigenvalue weighted by Gasteiger charge is -2.03. The van der Waals surface area contributed by atoms with Crippen molar-refractivity contribution in [1.29, 1.82) is 0 Å². The van der Waals surface area contributed by atoms with E-state index in [1.165, 1.54) is 11.3 Å². The third-order valence-corrected chi connectivity index (χ3v) is 4.56. The molecule has 1 aromatic heterocycles. The normalized spacial score (nSPS) is 12.0. The molecule has 1 aliphatic rings. The molecule has 26 heavy (non-hydrogen) atoms. The number of ether oxygens (including phenoxy) is 3. The summed E-state index contributed by atoms with van der Waals surface area (Å²) in [6.45, 7) is 0.410. The van der Waals surface area contributed by atoms with Gasteiger partial charge in [0.1, 0.15) is 12.4 Å². The molecule has 3 aromatic rings. The van der Waals surface area contributed by atoms with Crippen LogP contribution in [0, 0.1) is 0 Å². The molecule has 1 amide bonds. The standard InChI is InChI=1S/C17H12ClN3O4S/c18-11-2-4-12(5-3-11)23-8-15-20-21-17(26-15)19-16(22)10-1-6-13-14(7-10)25-9-24-13/h1-7H,8-9H2,(H,19,21,22). The fourth-order valence-electron chi connectivity index (χ4n) is 2.25. The topological polar surface area (TPSA) is 82.6 Å². The number of amides is 1. The summed E-state index contributed by atoms with van der Waals surface area (Å²) >= 11 is 7.07. The summed E-state index contributed by atoms with van der Waals surface area (Å²) in [5.74, 6) is 1.55. The maximum Gasteiger partial charge on any atom is 0.257 e. The first-order valence-corrected chi connectivity index (χ1v) is 8.78. The molecule has 1 N–H and O–H groups in total. The summed E-state index contributed by atoms with van der Waals surface area (Å²) in [6, 6.07) is 12.0. The van der Waals surface area contributed by atoms with Gasteiger partial charge in [0.2, 0.25) is 11.9 Å². The Hall–Kier alpha value is -2.84. The molecule has 0 aliphatic carbocycles. The zero-order valence-corrected chi connectivity index (χ0v) is 14.8. The molecule has 2 heterocycles. The number of benzene rings is 2. The van der Waals surface area contributed by atoms with Gasteiger partial charge in [-0.1, -0.05) is 22.9 Å². The van der Waals surface area contributed by atoms with Crippen molar-refractivity contribution in [2.75, 3.05) is 12.1 Å². The number of hydrogen-bond acceptors (Lipinski definition) is 7. The van der Waals surface area contributed by atoms with E-state index in [4.69, 9.17) is 25.8 Å². The average molecular weight is 390 g/mol. The summed E-state index contributed by atoms with van der Waals surface area (Å²) in [5, 5.41) is 12.4. The smallest absolute Gasteiger partial charge is 0.257 e. The van der Waals surface area contributed by atoms with Gasteiger partial charge >= 0.3 is 0 Å². The van der Waals surface area contributed by atoms with Crippen LogP contribution in [0.5, 0.6) is 17.2 Å². The van der Waals surface area contributed by atoms with Gasteiger partial charge in [-0.25, -0.2) is 0 Å². The molecule has 0 saturated carbocycles. The van der Waals surface area contributed by atoms with E-state index in [1.54, 1.807) is 42.5 Å². The number of hydrogen-bond donors (Lipinski definition) is 1. The number of carbonyl (C=O) groups is 1. The molecule has 2 aromatic carbocycles. The summed E-state index contributed by atoms with van der Waals surface area (Å²) in [6.07, 6.45) is 0. The van der Waals surface area contributed by atoms with Crippen molar-refractivity contribution in [2.24, 2.45) is 0 Å². The van der Waals surface area contributed by atoms with Gasteiger partial charge in [-0.3, -0.25) is 10.1 Å². The van der Waals surface area contributed by atoms with E-state index in [1.807, 2.05) is 0 Å². The fraction of sp³-hybridized carbons (Fsp3) is 0.118. The zero-order chi connectivity index (χ0) is 17.9. The Morgan fingerprint density at radius 2 is 1.96 bits per heavy atom. The van der Waals surface area contributed by atoms with Crippen LogP contribution in [0.2, 0.25) is 5.02 Å². The van der Waals surface area contributed by atoms with E-state index in [-0.39, 0.29) is 19.3 Å². The highest BCUT2D eigenvalue weighted by Crippen LogP contribution is 2.32. The van der Waals surface area contributed by atoms with E-state index < -0.39 is 0 Å². The average Bonchev–Trinajstić information content (AvgIpc) is 3.29. The zero-order valence-electron chi connectivity index (χ0n) is 13.3. The number of nitrogens with zero attached hydrogens (tertiary/aromatic N) is 2. The van der Waals surface area contributed by atoms with Gasteiger partial charge in [0, 0.05) is 10.6 Å². The maximum atomic E-state index is 12.3. The van der Waals surface area contributed by atoms with Crippen LogP contribution in [-0.4, -0.2) is 22.9 Å². The number of carbonyl (C=O) groups excluding carboxylic acids is 1. The lowest BCUT2D eigenvalue weighted by atomic mass is 10.2. The van der Waals surface area contributed by atoms with E-state index in [0.717, 1.165) is 0 Å². The minimum absolute atomic E-state index is 0.161. The van der Waals surface area contributed by atoms with Crippen LogP contribution in [0.4, 0.5) is 5.13 Å². The summed E-state index contributed by atoms with van der Waals surface area (Å²) in [7, 11) is 0. The SMILES string of the molecule is O=C(Nc1nnc(COc2ccc(Cl)cc2)s1)c1ccc2c(c1)OCO2. The van der Waals surface area contributed by atoms with Gasteiger partial charge in [-0.2, -0.15) is 0 Å². The van der Waals surface area contributed by atoms with Crippen LogP contribution in [0.15, 0.2) is 42.5 Å². The Labute approximate surface area is 157 Å². The molecule has 9 heteroatoms. The van der Waals surface area contributed by atoms with Crippen molar-refractivity contribution in [3.63, 3.8) is 0 Å². The van der Waals surface area contributed by atoms with E-state index in [0.29, 0.717) is 38.0 Å². The van der Waals surface area contributed by atoms with Gasteiger partial charge in [-0.05, 0) is 42.5 Å². The number of fused-ring (bicyclic) bond motifs is 1. The van der Waals surface area contributed by atoms with Gasteiger partial charge < -0.3 is 14.2 Å². The van der Waals surface area contributed by atoms with Crippen molar-refractivity contribution in [1.82, 2.24) is 10.2 Å². The second kappa shape index (κ2) is 7.19. The lowest BCUT2D eigenvalue weighted by Crippen LogP contribution is -2.11. The molecule has 0 bridgehead atoms. The number of nitrogens with one attached hydrogen (secondary N) is 1. The summed E-state index contributed by atoms with van der Waals surface area (Å²) in [4.78, 5) is 12.3. The minimum atomic E-state index is -0.301. The van der Waals surface area contributed by atoms with E-state index in [2.05, 4.69) is 15.5 Å². The van der Waals surface area contributed by atoms with Crippen LogP contribution in [0.1, 0.15) is 15.4 Å². The Balaban J connectivity index is 1.37. The number of aromatic nitrogens is 2. The van der Waals surface area contributed by atoms with E-state index >= 15 is 0 Å². The van der Waals surface area contributed by atoms with Crippen molar-refractivity contribution < 1.29 is 19.0 Å². The maximum absolute atomic E-state index is 12.3. The highest BCUT2D eigenvalue weighted by Gasteiger charge is 2.17. The monoisotopic (exact) mass is 389 g/mol. The second-order valence-electron chi connectivity index (χ2n) is 5.27. The lowest BCUT2D eigenvalue weighted by molar-refractivity contribution is 0.102. The molecule has 0 radical (unpaired) electrons. The molecule has 1 aliphatic heterocycles. The fourth-order valence-corrected chi connectivity index (χ4v) is 3.02. The minimum Gasteiger partial charge on any atom is -0.486 e. The van der Waals surface area contributed by atoms with Gasteiger partial charge in [0.25, 0.3) is 5.91 Å². The molecule has 4 rings (SSSR count). The predicted molar refractivity (Wildman–Crippen MR) is 96.2 cm³/mol. The molecule has 7 nitrogen and oxygen atoms in total. The van der Waals surface area contributed by atoms with Gasteiger partial charge in [0.05, 0.1) is 0 Å². The predicted octanol–water partition coefficient (Wildman–Crippen LogP) is 3.75. The highest BCUT2D eigenvalue weighted by molar-refractivity contribution is 7.15. The van der Waals surface area contributed by atoms with Crippen molar-refractivity contribution in [2.45, 2.75) is 6.61 Å². The Morgan fingerprint density at radius 1 is 1.15 bits per heavy atom. The third kappa shape index (κ3) is 3.71. The van der Waals surface area contributed by atoms with Crippen LogP contribution in [-0.2, 0) is 6.61 Å². The number of rotatable bonds is 5. The first kappa shape index (κ1) is 16.6. The number of halogens is 1. The molecule has 0 saturated heterocycles. The molecular weight excluding hydrogens is 378 g/mol. The van der Waals surface area contributed by atoms with Gasteiger partial charge in [0.15, 0.2) is 16.5 Å². The third-order valence-electron chi connectivity index (χ3n) is 3.50. The largest absolute Gasteiger partial charge is 0.486 e. The first-order chi connectivity index (χ1) is 12.7. The van der Waals surface area contributed by atoms with Crippen molar-refractivity contribution in [3.8, 4) is 17.2 Å². The van der Waals surface area contributed by atoms with Crippen LogP contribution in [0.3, 0.4) is 0 Å². The molecule has 0 unspecified atom stereocenters. The van der Waals surface area contributed by atoms with Crippen molar-refractivity contribution in [3.05, 3.63) is 58.1 Å². The number of anilines is 1. The Bertz CT molecular complexity index is 945. The summed E-state index contributed by atoms with van der Waals surface area (Å²) < 4.78 is 16.1. The Morgan fingerprint density at radius 3 is 2.81 bits per heavy atom. The second-order valence-corrected chi connectivity index (χ2v) is 6.76. The van der Waals surface area contributed by atoms with Crippen molar-refractivity contribution >= 4 is 34.0 Å². The Kier molecular flexibility index (Phi) is 4.59. The van der Waals surface area contributed by atoms with Gasteiger partial charge in [-0.15, -0.1) is 10.2 Å². The summed E-state index contributed by atoms with van der Waals surface area (Å²) in [5.41, 5.74) is 0.448. The molecule has 132 valence electrons. The van der Waals surface area contributed by atoms with Crippen LogP contribution in [0.25, 0.3) is 0 Å². The first-order valence-electron chi connectivity index (χ1n) is 7.59. The van der Waals surface area contributed by atoms with Crippen LogP contribution < -0.4 is 19.5 Å². The molecule has 0 spiro atoms.